The molecule has 184 valence electrons. The van der Waals surface area contributed by atoms with E-state index in [0.717, 1.165) is 0 Å². The van der Waals surface area contributed by atoms with Crippen molar-refractivity contribution < 1.29 is 32.7 Å². The predicted molar refractivity (Wildman–Crippen MR) is 124 cm³/mol. The fraction of sp³-hybridized carbons (Fsp3) is 0.409. The summed E-state index contributed by atoms with van der Waals surface area (Å²) in [4.78, 5) is 23.5. The first-order valence-corrected chi connectivity index (χ1v) is 12.2. The second-order valence-electron chi connectivity index (χ2n) is 7.97. The zero-order valence-electron chi connectivity index (χ0n) is 18.9. The summed E-state index contributed by atoms with van der Waals surface area (Å²) in [6.07, 6.45) is 0.518. The van der Waals surface area contributed by atoms with Gasteiger partial charge in [0.05, 0.1) is 15.9 Å². The average Bonchev–Trinajstić information content (AvgIpc) is 3.04. The molecule has 0 aromatic heterocycles. The fourth-order valence-corrected chi connectivity index (χ4v) is 5.08. The molecule has 0 aliphatic carbocycles. The molecule has 1 saturated heterocycles. The van der Waals surface area contributed by atoms with Gasteiger partial charge in [-0.3, -0.25) is 10.1 Å². The number of benzene rings is 2. The van der Waals surface area contributed by atoms with E-state index in [9.17, 15) is 23.3 Å². The van der Waals surface area contributed by atoms with E-state index < -0.39 is 27.5 Å². The number of nitro benzene ring substituents is 1. The largest absolute Gasteiger partial charge is 0.491 e. The Balaban J connectivity index is 1.75. The van der Waals surface area contributed by atoms with Crippen LogP contribution < -0.4 is 14.4 Å². The van der Waals surface area contributed by atoms with Gasteiger partial charge in [-0.2, -0.15) is 4.31 Å². The highest BCUT2D eigenvalue weighted by molar-refractivity contribution is 7.89. The number of sulfonamides is 1. The van der Waals surface area contributed by atoms with Gasteiger partial charge in [-0.1, -0.05) is 0 Å². The highest BCUT2D eigenvalue weighted by Gasteiger charge is 2.28. The van der Waals surface area contributed by atoms with Crippen LogP contribution in [-0.4, -0.2) is 67.6 Å². The lowest BCUT2D eigenvalue weighted by Gasteiger charge is -2.24. The van der Waals surface area contributed by atoms with Crippen LogP contribution in [0.4, 0.5) is 11.4 Å². The second-order valence-corrected chi connectivity index (χ2v) is 9.91. The summed E-state index contributed by atoms with van der Waals surface area (Å²) in [6.45, 7) is 4.47. The van der Waals surface area contributed by atoms with Crippen LogP contribution in [0.2, 0.25) is 0 Å². The van der Waals surface area contributed by atoms with E-state index in [4.69, 9.17) is 14.6 Å². The van der Waals surface area contributed by atoms with Gasteiger partial charge in [0.25, 0.3) is 0 Å². The third kappa shape index (κ3) is 6.14. The van der Waals surface area contributed by atoms with Gasteiger partial charge in [-0.25, -0.2) is 13.2 Å². The van der Waals surface area contributed by atoms with Crippen LogP contribution >= 0.6 is 0 Å². The maximum Gasteiger partial charge on any atom is 0.341 e. The molecule has 11 nitrogen and oxygen atoms in total. The smallest absolute Gasteiger partial charge is 0.341 e. The van der Waals surface area contributed by atoms with Gasteiger partial charge in [0, 0.05) is 44.0 Å². The Morgan fingerprint density at radius 1 is 1.12 bits per heavy atom. The molecule has 1 N–H and O–H groups in total. The first-order valence-electron chi connectivity index (χ1n) is 10.7. The van der Waals surface area contributed by atoms with E-state index >= 15 is 0 Å². The highest BCUT2D eigenvalue weighted by Crippen LogP contribution is 2.32. The zero-order valence-corrected chi connectivity index (χ0v) is 19.7. The normalized spacial score (nSPS) is 15.1. The molecule has 0 radical (unpaired) electrons. The molecule has 2 aromatic carbocycles. The topological polar surface area (TPSA) is 140 Å². The van der Waals surface area contributed by atoms with Crippen molar-refractivity contribution in [1.82, 2.24) is 4.31 Å². The predicted octanol–water partition coefficient (Wildman–Crippen LogP) is 2.75. The number of aliphatic carboxylic acids is 1. The van der Waals surface area contributed by atoms with Crippen molar-refractivity contribution >= 4 is 27.4 Å². The minimum Gasteiger partial charge on any atom is -0.491 e. The molecular formula is C22H27N3O8S. The Morgan fingerprint density at radius 3 is 2.44 bits per heavy atom. The van der Waals surface area contributed by atoms with Crippen molar-refractivity contribution in [3.8, 4) is 11.5 Å². The Morgan fingerprint density at radius 2 is 1.82 bits per heavy atom. The first kappa shape index (κ1) is 25.2. The van der Waals surface area contributed by atoms with E-state index in [1.165, 1.54) is 28.6 Å². The van der Waals surface area contributed by atoms with Gasteiger partial charge in [0.1, 0.15) is 5.75 Å². The van der Waals surface area contributed by atoms with E-state index in [2.05, 4.69) is 0 Å². The van der Waals surface area contributed by atoms with E-state index in [1.54, 1.807) is 18.2 Å². The third-order valence-electron chi connectivity index (χ3n) is 5.14. The minimum absolute atomic E-state index is 0.0199. The molecule has 0 atom stereocenters. The van der Waals surface area contributed by atoms with E-state index in [0.29, 0.717) is 37.5 Å². The SMILES string of the molecule is CC(C)Oc1ccc(S(=O)(=O)N2CCCN(c3ccc([N+](=O)[O-])c(OCC(=O)O)c3)CC2)cc1. The van der Waals surface area contributed by atoms with Gasteiger partial charge < -0.3 is 19.5 Å². The van der Waals surface area contributed by atoms with E-state index in [1.807, 2.05) is 18.7 Å². The summed E-state index contributed by atoms with van der Waals surface area (Å²) >= 11 is 0. The van der Waals surface area contributed by atoms with Crippen LogP contribution in [0.1, 0.15) is 20.3 Å². The maximum absolute atomic E-state index is 13.2. The van der Waals surface area contributed by atoms with E-state index in [-0.39, 0.29) is 29.0 Å². The molecular weight excluding hydrogens is 466 g/mol. The molecule has 0 amide bonds. The van der Waals surface area contributed by atoms with Gasteiger partial charge >= 0.3 is 11.7 Å². The average molecular weight is 494 g/mol. The number of nitrogens with zero attached hydrogens (tertiary/aromatic N) is 3. The number of hydrogen-bond acceptors (Lipinski definition) is 8. The number of carboxylic acids is 1. The Labute approximate surface area is 197 Å². The first-order chi connectivity index (χ1) is 16.1. The highest BCUT2D eigenvalue weighted by atomic mass is 32.2. The lowest BCUT2D eigenvalue weighted by atomic mass is 10.2. The summed E-state index contributed by atoms with van der Waals surface area (Å²) in [7, 11) is -3.71. The summed E-state index contributed by atoms with van der Waals surface area (Å²) in [6, 6.07) is 10.5. The molecule has 34 heavy (non-hydrogen) atoms. The molecule has 2 aromatic rings. The molecule has 1 aliphatic heterocycles. The molecule has 0 spiro atoms. The Bertz CT molecular complexity index is 1140. The van der Waals surface area contributed by atoms with Crippen molar-refractivity contribution in [1.29, 1.82) is 0 Å². The molecule has 3 rings (SSSR count). The number of nitro groups is 1. The van der Waals surface area contributed by atoms with Crippen molar-refractivity contribution in [3.05, 3.63) is 52.6 Å². The molecule has 12 heteroatoms. The Hall–Kier alpha value is -3.38. The molecule has 1 aliphatic rings. The number of carbonyl (C=O) groups is 1. The lowest BCUT2D eigenvalue weighted by molar-refractivity contribution is -0.385. The number of anilines is 1. The maximum atomic E-state index is 13.2. The standard InChI is InChI=1S/C22H27N3O8S/c1-16(2)33-18-5-7-19(8-6-18)34(30,31)24-11-3-10-23(12-13-24)17-4-9-20(25(28)29)21(14-17)32-15-22(26)27/h4-9,14,16H,3,10-13,15H2,1-2H3,(H,26,27). The molecule has 0 unspecified atom stereocenters. The number of carboxylic acid groups (broad SMARTS) is 1. The van der Waals surface area contributed by atoms with Crippen molar-refractivity contribution in [2.75, 3.05) is 37.7 Å². The second kappa shape index (κ2) is 10.7. The molecule has 1 heterocycles. The van der Waals surface area contributed by atoms with Crippen LogP contribution in [0.15, 0.2) is 47.4 Å². The summed E-state index contributed by atoms with van der Waals surface area (Å²) in [5, 5.41) is 20.1. The molecule has 0 saturated carbocycles. The van der Waals surface area contributed by atoms with Crippen LogP contribution in [0.25, 0.3) is 0 Å². The van der Waals surface area contributed by atoms with Gasteiger partial charge in [-0.05, 0) is 50.6 Å². The van der Waals surface area contributed by atoms with Crippen molar-refractivity contribution in [2.24, 2.45) is 0 Å². The van der Waals surface area contributed by atoms with Crippen LogP contribution in [-0.2, 0) is 14.8 Å². The minimum atomic E-state index is -3.71. The summed E-state index contributed by atoms with van der Waals surface area (Å²) < 4.78 is 38.4. The third-order valence-corrected chi connectivity index (χ3v) is 7.06. The number of ether oxygens (including phenoxy) is 2. The van der Waals surface area contributed by atoms with Gasteiger partial charge in [0.2, 0.25) is 10.0 Å². The van der Waals surface area contributed by atoms with Gasteiger partial charge in [-0.15, -0.1) is 0 Å². The van der Waals surface area contributed by atoms with Crippen molar-refractivity contribution in [3.63, 3.8) is 0 Å². The van der Waals surface area contributed by atoms with Crippen LogP contribution in [0.5, 0.6) is 11.5 Å². The fourth-order valence-electron chi connectivity index (χ4n) is 3.61. The molecule has 0 bridgehead atoms. The lowest BCUT2D eigenvalue weighted by Crippen LogP contribution is -2.35. The summed E-state index contributed by atoms with van der Waals surface area (Å²) in [5.41, 5.74) is 0.245. The zero-order chi connectivity index (χ0) is 24.9. The number of rotatable bonds is 9. The quantitative estimate of drug-likeness (QED) is 0.412. The van der Waals surface area contributed by atoms with Crippen LogP contribution in [0.3, 0.4) is 0 Å². The monoisotopic (exact) mass is 493 g/mol. The number of hydrogen-bond donors (Lipinski definition) is 1. The summed E-state index contributed by atoms with van der Waals surface area (Å²) in [5.74, 6) is -0.809. The van der Waals surface area contributed by atoms with Crippen LogP contribution in [0, 0.1) is 10.1 Å². The van der Waals surface area contributed by atoms with Crippen molar-refractivity contribution in [2.45, 2.75) is 31.3 Å². The molecule has 1 fully saturated rings. The Kier molecular flexibility index (Phi) is 7.94. The van der Waals surface area contributed by atoms with Gasteiger partial charge in [0.15, 0.2) is 12.4 Å².